The van der Waals surface area contributed by atoms with Gasteiger partial charge < -0.3 is 32.2 Å². The molecule has 208 valence electrons. The van der Waals surface area contributed by atoms with Crippen molar-refractivity contribution in [3.63, 3.8) is 0 Å². The molecule has 9 nitrogen and oxygen atoms in total. The maximum Gasteiger partial charge on any atom is 0.238 e. The Bertz CT molecular complexity index is 1040. The first-order valence-corrected chi connectivity index (χ1v) is 12.6. The minimum absolute atomic E-state index is 0.0820. The highest BCUT2D eigenvalue weighted by atomic mass is 19.1. The number of carbonyl (C=O) groups excluding carboxylic acids is 3. The fraction of sp³-hybridized carbons (Fsp3) is 0.444. The Balaban J connectivity index is 2.15. The standard InChI is InChI=1S/C27H37F2N5O4/c1-2-38-26-20(28)14-19(15-21(26)29)16-24(35)23(9-8-18-6-4-3-5-7-18)33-27(37)22(32)17-25(36)34(12-10-30)13-11-31/h3-7,14-15,22-23H,2,8-13,16-17,30-32H2,1H3,(H,33,37)/t22-,23-/m0/s1. The zero-order valence-electron chi connectivity index (χ0n) is 21.6. The zero-order valence-corrected chi connectivity index (χ0v) is 21.6. The molecule has 2 rings (SSSR count). The predicted molar refractivity (Wildman–Crippen MR) is 140 cm³/mol. The second-order valence-electron chi connectivity index (χ2n) is 8.82. The molecule has 2 aromatic carbocycles. The van der Waals surface area contributed by atoms with Crippen molar-refractivity contribution < 1.29 is 27.9 Å². The molecule has 0 radical (unpaired) electrons. The number of hydrogen-bond donors (Lipinski definition) is 4. The molecule has 2 amide bonds. The number of nitrogens with two attached hydrogens (primary N) is 3. The van der Waals surface area contributed by atoms with Crippen LogP contribution in [0.25, 0.3) is 0 Å². The van der Waals surface area contributed by atoms with E-state index in [0.717, 1.165) is 17.7 Å². The molecule has 0 saturated carbocycles. The Morgan fingerprint density at radius 1 is 1.00 bits per heavy atom. The number of halogens is 2. The normalized spacial score (nSPS) is 12.5. The van der Waals surface area contributed by atoms with E-state index in [0.29, 0.717) is 6.42 Å². The fourth-order valence-corrected chi connectivity index (χ4v) is 3.95. The first-order chi connectivity index (χ1) is 18.2. The molecule has 0 saturated heterocycles. The molecule has 0 spiro atoms. The second kappa shape index (κ2) is 15.8. The summed E-state index contributed by atoms with van der Waals surface area (Å²) in [7, 11) is 0. The van der Waals surface area contributed by atoms with E-state index in [2.05, 4.69) is 5.32 Å². The topological polar surface area (TPSA) is 154 Å². The monoisotopic (exact) mass is 533 g/mol. The van der Waals surface area contributed by atoms with Gasteiger partial charge in [-0.2, -0.15) is 0 Å². The van der Waals surface area contributed by atoms with Gasteiger partial charge in [-0.3, -0.25) is 14.4 Å². The molecule has 2 aromatic rings. The molecule has 2 atom stereocenters. The average molecular weight is 534 g/mol. The number of aryl methyl sites for hydroxylation is 1. The number of benzene rings is 2. The number of ether oxygens (including phenoxy) is 1. The van der Waals surface area contributed by atoms with Crippen LogP contribution in [0.3, 0.4) is 0 Å². The molecule has 0 heterocycles. The maximum atomic E-state index is 14.3. The van der Waals surface area contributed by atoms with Gasteiger partial charge in [0.05, 0.1) is 25.1 Å². The highest BCUT2D eigenvalue weighted by Crippen LogP contribution is 2.24. The molecule has 0 aliphatic heterocycles. The Morgan fingerprint density at radius 3 is 2.16 bits per heavy atom. The van der Waals surface area contributed by atoms with Crippen LogP contribution >= 0.6 is 0 Å². The van der Waals surface area contributed by atoms with E-state index >= 15 is 0 Å². The van der Waals surface area contributed by atoms with Crippen molar-refractivity contribution in [3.05, 3.63) is 65.2 Å². The van der Waals surface area contributed by atoms with Crippen molar-refractivity contribution in [1.29, 1.82) is 0 Å². The number of carbonyl (C=O) groups is 3. The average Bonchev–Trinajstić information content (AvgIpc) is 2.88. The number of hydrogen-bond acceptors (Lipinski definition) is 7. The number of Topliss-reactive ketones (excluding diaryl/α,β-unsaturated/α-hetero) is 1. The molecule has 0 unspecified atom stereocenters. The van der Waals surface area contributed by atoms with E-state index in [1.165, 1.54) is 4.90 Å². The van der Waals surface area contributed by atoms with Crippen LogP contribution in [0, 0.1) is 11.6 Å². The lowest BCUT2D eigenvalue weighted by Gasteiger charge is -2.24. The summed E-state index contributed by atoms with van der Waals surface area (Å²) in [6, 6.07) is 9.20. The van der Waals surface area contributed by atoms with E-state index < -0.39 is 41.2 Å². The summed E-state index contributed by atoms with van der Waals surface area (Å²) in [5.41, 5.74) is 18.1. The molecule has 38 heavy (non-hydrogen) atoms. The first kappa shape index (κ1) is 30.8. The largest absolute Gasteiger partial charge is 0.488 e. The molecule has 7 N–H and O–H groups in total. The van der Waals surface area contributed by atoms with Crippen LogP contribution in [-0.4, -0.2) is 67.4 Å². The Hall–Kier alpha value is -3.41. The van der Waals surface area contributed by atoms with Gasteiger partial charge in [0.15, 0.2) is 23.2 Å². The summed E-state index contributed by atoms with van der Waals surface area (Å²) in [5.74, 6) is -3.86. The minimum Gasteiger partial charge on any atom is -0.488 e. The van der Waals surface area contributed by atoms with Crippen molar-refractivity contribution in [3.8, 4) is 5.75 Å². The summed E-state index contributed by atoms with van der Waals surface area (Å²) in [6.07, 6.45) is 0.0673. The molecule has 0 fully saturated rings. The lowest BCUT2D eigenvalue weighted by atomic mass is 9.97. The Morgan fingerprint density at radius 2 is 1.61 bits per heavy atom. The first-order valence-electron chi connectivity index (χ1n) is 12.6. The summed E-state index contributed by atoms with van der Waals surface area (Å²) in [4.78, 5) is 40.1. The van der Waals surface area contributed by atoms with Crippen LogP contribution in [0.2, 0.25) is 0 Å². The van der Waals surface area contributed by atoms with Crippen LogP contribution in [0.5, 0.6) is 5.75 Å². The van der Waals surface area contributed by atoms with E-state index in [-0.39, 0.29) is 63.5 Å². The number of rotatable bonds is 16. The number of ketones is 1. The lowest BCUT2D eigenvalue weighted by Crippen LogP contribution is -2.51. The van der Waals surface area contributed by atoms with Crippen molar-refractivity contribution in [2.75, 3.05) is 32.8 Å². The quantitative estimate of drug-likeness (QED) is 0.252. The molecule has 0 aromatic heterocycles. The van der Waals surface area contributed by atoms with Gasteiger partial charge in [-0.25, -0.2) is 8.78 Å². The van der Waals surface area contributed by atoms with E-state index in [9.17, 15) is 23.2 Å². The van der Waals surface area contributed by atoms with Crippen LogP contribution < -0.4 is 27.3 Å². The van der Waals surface area contributed by atoms with Crippen molar-refractivity contribution in [2.24, 2.45) is 17.2 Å². The van der Waals surface area contributed by atoms with Crippen LogP contribution in [0.15, 0.2) is 42.5 Å². The van der Waals surface area contributed by atoms with Gasteiger partial charge in [0, 0.05) is 32.6 Å². The molecule has 0 aliphatic rings. The van der Waals surface area contributed by atoms with Gasteiger partial charge in [0.1, 0.15) is 0 Å². The van der Waals surface area contributed by atoms with Crippen molar-refractivity contribution in [2.45, 2.75) is 44.7 Å². The van der Waals surface area contributed by atoms with Crippen LogP contribution in [0.4, 0.5) is 8.78 Å². The fourth-order valence-electron chi connectivity index (χ4n) is 3.95. The molecular weight excluding hydrogens is 496 g/mol. The predicted octanol–water partition coefficient (Wildman–Crippen LogP) is 1.06. The number of nitrogens with one attached hydrogen (secondary N) is 1. The van der Waals surface area contributed by atoms with Crippen LogP contribution in [0.1, 0.15) is 30.9 Å². The van der Waals surface area contributed by atoms with Gasteiger partial charge in [0.25, 0.3) is 0 Å². The van der Waals surface area contributed by atoms with Gasteiger partial charge in [0.2, 0.25) is 11.8 Å². The van der Waals surface area contributed by atoms with Gasteiger partial charge >= 0.3 is 0 Å². The minimum atomic E-state index is -1.21. The smallest absolute Gasteiger partial charge is 0.238 e. The van der Waals surface area contributed by atoms with Crippen molar-refractivity contribution in [1.82, 2.24) is 10.2 Å². The highest BCUT2D eigenvalue weighted by Gasteiger charge is 2.27. The van der Waals surface area contributed by atoms with E-state index in [1.807, 2.05) is 30.3 Å². The molecular formula is C27H37F2N5O4. The highest BCUT2D eigenvalue weighted by molar-refractivity contribution is 5.93. The molecule has 11 heteroatoms. The summed E-state index contributed by atoms with van der Waals surface area (Å²) in [6.45, 7) is 2.70. The number of nitrogens with zero attached hydrogens (tertiary/aromatic N) is 1. The van der Waals surface area contributed by atoms with Gasteiger partial charge in [-0.15, -0.1) is 0 Å². The maximum absolute atomic E-state index is 14.3. The van der Waals surface area contributed by atoms with Gasteiger partial charge in [-0.05, 0) is 43.0 Å². The van der Waals surface area contributed by atoms with Crippen molar-refractivity contribution >= 4 is 17.6 Å². The SMILES string of the molecule is CCOc1c(F)cc(CC(=O)[C@H](CCc2ccccc2)NC(=O)[C@@H](N)CC(=O)N(CCN)CCN)cc1F. The summed E-state index contributed by atoms with van der Waals surface area (Å²) >= 11 is 0. The van der Waals surface area contributed by atoms with E-state index in [1.54, 1.807) is 6.92 Å². The third-order valence-corrected chi connectivity index (χ3v) is 5.88. The Labute approximate surface area is 221 Å². The Kier molecular flexibility index (Phi) is 12.8. The molecule has 0 bridgehead atoms. The second-order valence-corrected chi connectivity index (χ2v) is 8.82. The summed E-state index contributed by atoms with van der Waals surface area (Å²) < 4.78 is 33.6. The third kappa shape index (κ3) is 9.47. The lowest BCUT2D eigenvalue weighted by molar-refractivity contribution is -0.134. The number of amides is 2. The third-order valence-electron chi connectivity index (χ3n) is 5.88. The van der Waals surface area contributed by atoms with Crippen LogP contribution in [-0.2, 0) is 27.2 Å². The van der Waals surface area contributed by atoms with E-state index in [4.69, 9.17) is 21.9 Å². The summed E-state index contributed by atoms with van der Waals surface area (Å²) in [5, 5.41) is 2.63. The van der Waals surface area contributed by atoms with Gasteiger partial charge in [-0.1, -0.05) is 30.3 Å². The molecule has 0 aliphatic carbocycles. The zero-order chi connectivity index (χ0) is 28.1.